The molecule has 0 spiro atoms. The first-order valence-electron chi connectivity index (χ1n) is 7.84. The lowest BCUT2D eigenvalue weighted by atomic mass is 9.70. The topological polar surface area (TPSA) is 55.5 Å². The molecular weight excluding hydrogens is 286 g/mol. The summed E-state index contributed by atoms with van der Waals surface area (Å²) in [4.78, 5) is 0. The van der Waals surface area contributed by atoms with Gasteiger partial charge in [0, 0.05) is 12.0 Å². The van der Waals surface area contributed by atoms with E-state index >= 15 is 0 Å². The number of aliphatic hydroxyl groups excluding tert-OH is 1. The lowest BCUT2D eigenvalue weighted by Crippen LogP contribution is -2.37. The number of hydrogen-bond acceptors (Lipinski definition) is 3. The molecule has 4 heteroatoms. The van der Waals surface area contributed by atoms with Crippen molar-refractivity contribution in [2.24, 2.45) is 11.1 Å². The Morgan fingerprint density at radius 3 is 2.38 bits per heavy atom. The maximum absolute atomic E-state index is 10.9. The molecule has 1 aliphatic rings. The minimum atomic E-state index is -0.566. The van der Waals surface area contributed by atoms with E-state index in [-0.39, 0.29) is 5.41 Å². The first kappa shape index (κ1) is 16.6. The van der Waals surface area contributed by atoms with Gasteiger partial charge in [-0.15, -0.1) is 0 Å². The molecule has 0 amide bonds. The Kier molecular flexibility index (Phi) is 5.91. The molecule has 1 fully saturated rings. The fourth-order valence-corrected chi connectivity index (χ4v) is 3.67. The van der Waals surface area contributed by atoms with Gasteiger partial charge in [0.15, 0.2) is 0 Å². The Hall–Kier alpha value is -0.770. The summed E-state index contributed by atoms with van der Waals surface area (Å²) in [6.45, 7) is 0.512. The third-order valence-corrected chi connectivity index (χ3v) is 5.12. The molecule has 1 aromatic carbocycles. The molecule has 1 aliphatic carbocycles. The summed E-state index contributed by atoms with van der Waals surface area (Å²) in [5, 5.41) is 11.5. The van der Waals surface area contributed by atoms with Crippen LogP contribution in [-0.2, 0) is 0 Å². The summed E-state index contributed by atoms with van der Waals surface area (Å²) < 4.78 is 5.17. The van der Waals surface area contributed by atoms with Crippen molar-refractivity contribution >= 4 is 11.6 Å². The van der Waals surface area contributed by atoms with E-state index in [9.17, 15) is 5.11 Å². The molecule has 0 heterocycles. The van der Waals surface area contributed by atoms with Crippen molar-refractivity contribution in [3.63, 3.8) is 0 Å². The highest BCUT2D eigenvalue weighted by Gasteiger charge is 2.37. The van der Waals surface area contributed by atoms with E-state index < -0.39 is 6.10 Å². The van der Waals surface area contributed by atoms with Gasteiger partial charge in [-0.3, -0.25) is 0 Å². The van der Waals surface area contributed by atoms with Gasteiger partial charge < -0.3 is 15.6 Å². The number of benzene rings is 1. The van der Waals surface area contributed by atoms with E-state index in [1.807, 2.05) is 12.1 Å². The minimum Gasteiger partial charge on any atom is -0.495 e. The van der Waals surface area contributed by atoms with E-state index in [0.29, 0.717) is 17.3 Å². The molecule has 0 aliphatic heterocycles. The largest absolute Gasteiger partial charge is 0.495 e. The zero-order valence-corrected chi connectivity index (χ0v) is 13.5. The van der Waals surface area contributed by atoms with Gasteiger partial charge in [-0.1, -0.05) is 49.8 Å². The normalized spacial score (nSPS) is 20.4. The Balaban J connectivity index is 2.25. The Morgan fingerprint density at radius 2 is 1.86 bits per heavy atom. The molecule has 1 saturated carbocycles. The van der Waals surface area contributed by atoms with E-state index in [1.54, 1.807) is 13.2 Å². The van der Waals surface area contributed by atoms with Gasteiger partial charge >= 0.3 is 0 Å². The number of rotatable bonds is 4. The molecule has 3 nitrogen and oxygen atoms in total. The Morgan fingerprint density at radius 1 is 1.24 bits per heavy atom. The second-order valence-corrected chi connectivity index (χ2v) is 6.54. The highest BCUT2D eigenvalue weighted by Crippen LogP contribution is 2.44. The number of hydrogen-bond donors (Lipinski definition) is 2. The highest BCUT2D eigenvalue weighted by molar-refractivity contribution is 6.32. The van der Waals surface area contributed by atoms with Crippen molar-refractivity contribution in [1.82, 2.24) is 0 Å². The van der Waals surface area contributed by atoms with Crippen LogP contribution in [0.2, 0.25) is 5.02 Å². The van der Waals surface area contributed by atoms with Gasteiger partial charge in [-0.2, -0.15) is 0 Å². The smallest absolute Gasteiger partial charge is 0.137 e. The van der Waals surface area contributed by atoms with Gasteiger partial charge in [0.25, 0.3) is 0 Å². The van der Waals surface area contributed by atoms with Crippen molar-refractivity contribution in [3.05, 3.63) is 28.8 Å². The molecule has 0 bridgehead atoms. The van der Waals surface area contributed by atoms with E-state index in [4.69, 9.17) is 22.1 Å². The predicted molar refractivity (Wildman–Crippen MR) is 86.8 cm³/mol. The standard InChI is InChI=1S/C17H26ClNO2/c1-21-15-8-7-13(11-14(15)18)16(20)17(12-19)9-5-3-2-4-6-10-17/h7-8,11,16,20H,2-6,9-10,12,19H2,1H3. The molecule has 1 atom stereocenters. The SMILES string of the molecule is COc1ccc(C(O)C2(CN)CCCCCCC2)cc1Cl. The minimum absolute atomic E-state index is 0.224. The third kappa shape index (κ3) is 3.71. The van der Waals surface area contributed by atoms with Crippen LogP contribution in [0.1, 0.15) is 56.6 Å². The quantitative estimate of drug-likeness (QED) is 0.881. The van der Waals surface area contributed by atoms with Crippen molar-refractivity contribution < 1.29 is 9.84 Å². The van der Waals surface area contributed by atoms with Crippen LogP contribution in [-0.4, -0.2) is 18.8 Å². The van der Waals surface area contributed by atoms with Gasteiger partial charge in [0.1, 0.15) is 5.75 Å². The Bertz CT molecular complexity index is 456. The summed E-state index contributed by atoms with van der Waals surface area (Å²) in [5.74, 6) is 0.632. The van der Waals surface area contributed by atoms with E-state index in [2.05, 4.69) is 0 Å². The van der Waals surface area contributed by atoms with Crippen LogP contribution in [0, 0.1) is 5.41 Å². The number of halogens is 1. The molecule has 2 rings (SSSR count). The first-order valence-corrected chi connectivity index (χ1v) is 8.22. The zero-order valence-electron chi connectivity index (χ0n) is 12.8. The molecule has 0 radical (unpaired) electrons. The summed E-state index contributed by atoms with van der Waals surface area (Å²) in [6.07, 6.45) is 7.43. The van der Waals surface area contributed by atoms with Crippen molar-refractivity contribution in [1.29, 1.82) is 0 Å². The van der Waals surface area contributed by atoms with Crippen molar-refractivity contribution in [2.45, 2.75) is 51.0 Å². The highest BCUT2D eigenvalue weighted by atomic mass is 35.5. The van der Waals surface area contributed by atoms with E-state index in [0.717, 1.165) is 31.2 Å². The lowest BCUT2D eigenvalue weighted by Gasteiger charge is -2.39. The summed E-state index contributed by atoms with van der Waals surface area (Å²) in [5.41, 5.74) is 6.69. The molecule has 0 saturated heterocycles. The van der Waals surface area contributed by atoms with Crippen LogP contribution in [0.5, 0.6) is 5.75 Å². The zero-order chi connectivity index (χ0) is 15.3. The van der Waals surface area contributed by atoms with Crippen LogP contribution >= 0.6 is 11.6 Å². The third-order valence-electron chi connectivity index (χ3n) is 4.83. The van der Waals surface area contributed by atoms with Crippen LogP contribution in [0.3, 0.4) is 0 Å². The van der Waals surface area contributed by atoms with Crippen LogP contribution in [0.4, 0.5) is 0 Å². The predicted octanol–water partition coefficient (Wildman–Crippen LogP) is 4.07. The molecular formula is C17H26ClNO2. The first-order chi connectivity index (χ1) is 10.1. The summed E-state index contributed by atoms with van der Waals surface area (Å²) >= 11 is 6.19. The summed E-state index contributed by atoms with van der Waals surface area (Å²) in [7, 11) is 1.59. The average Bonchev–Trinajstić information content (AvgIpc) is 2.47. The van der Waals surface area contributed by atoms with Crippen LogP contribution < -0.4 is 10.5 Å². The molecule has 1 aromatic rings. The molecule has 118 valence electrons. The van der Waals surface area contributed by atoms with Gasteiger partial charge in [0.05, 0.1) is 18.2 Å². The molecule has 3 N–H and O–H groups in total. The number of methoxy groups -OCH3 is 1. The lowest BCUT2D eigenvalue weighted by molar-refractivity contribution is 0.00847. The number of aliphatic hydroxyl groups is 1. The maximum Gasteiger partial charge on any atom is 0.137 e. The second kappa shape index (κ2) is 7.48. The fraction of sp³-hybridized carbons (Fsp3) is 0.647. The second-order valence-electron chi connectivity index (χ2n) is 6.13. The average molecular weight is 312 g/mol. The number of nitrogens with two attached hydrogens (primary N) is 1. The van der Waals surface area contributed by atoms with Crippen molar-refractivity contribution in [2.75, 3.05) is 13.7 Å². The summed E-state index contributed by atoms with van der Waals surface area (Å²) in [6, 6.07) is 5.51. The van der Waals surface area contributed by atoms with Gasteiger partial charge in [-0.25, -0.2) is 0 Å². The molecule has 1 unspecified atom stereocenters. The van der Waals surface area contributed by atoms with Crippen LogP contribution in [0.25, 0.3) is 0 Å². The van der Waals surface area contributed by atoms with Crippen LogP contribution in [0.15, 0.2) is 18.2 Å². The molecule has 0 aromatic heterocycles. The van der Waals surface area contributed by atoms with Gasteiger partial charge in [0.2, 0.25) is 0 Å². The maximum atomic E-state index is 10.9. The Labute approximate surface area is 132 Å². The van der Waals surface area contributed by atoms with Gasteiger partial charge in [-0.05, 0) is 30.5 Å². The van der Waals surface area contributed by atoms with E-state index in [1.165, 1.54) is 19.3 Å². The number of ether oxygens (including phenoxy) is 1. The monoisotopic (exact) mass is 311 g/mol. The molecule has 21 heavy (non-hydrogen) atoms. The van der Waals surface area contributed by atoms with Crippen molar-refractivity contribution in [3.8, 4) is 5.75 Å². The fourth-order valence-electron chi connectivity index (χ4n) is 3.40.